The summed E-state index contributed by atoms with van der Waals surface area (Å²) in [6, 6.07) is 6.99. The molecule has 1 aromatic carbocycles. The first-order chi connectivity index (χ1) is 13.2. The number of aromatic nitrogens is 2. The Morgan fingerprint density at radius 1 is 1.25 bits per heavy atom. The lowest BCUT2D eigenvalue weighted by molar-refractivity contribution is 0.171. The predicted octanol–water partition coefficient (Wildman–Crippen LogP) is 4.44. The van der Waals surface area contributed by atoms with Gasteiger partial charge in [0.25, 0.3) is 5.56 Å². The fraction of sp³-hybridized carbons (Fsp3) is 0.474. The van der Waals surface area contributed by atoms with Crippen LogP contribution in [0.5, 0.6) is 0 Å². The van der Waals surface area contributed by atoms with Crippen molar-refractivity contribution in [2.24, 2.45) is 5.73 Å². The Morgan fingerprint density at radius 2 is 1.93 bits per heavy atom. The molecular formula is C19H24Cl2F2N4O. The van der Waals surface area contributed by atoms with Crippen LogP contribution in [0, 0.1) is 6.92 Å². The van der Waals surface area contributed by atoms with Gasteiger partial charge in [-0.15, -0.1) is 0 Å². The van der Waals surface area contributed by atoms with Gasteiger partial charge in [-0.05, 0) is 45.2 Å². The van der Waals surface area contributed by atoms with Gasteiger partial charge in [-0.2, -0.15) is 0 Å². The lowest BCUT2D eigenvalue weighted by Gasteiger charge is -2.22. The van der Waals surface area contributed by atoms with Crippen molar-refractivity contribution in [2.75, 3.05) is 18.0 Å². The highest BCUT2D eigenvalue weighted by Gasteiger charge is 2.18. The van der Waals surface area contributed by atoms with Crippen LogP contribution in [0.4, 0.5) is 14.6 Å². The van der Waals surface area contributed by atoms with Crippen LogP contribution in [-0.2, 0) is 0 Å². The molecule has 1 saturated heterocycles. The Labute approximate surface area is 173 Å². The van der Waals surface area contributed by atoms with Gasteiger partial charge in [0.1, 0.15) is 11.6 Å². The molecule has 3 rings (SSSR count). The molecule has 1 aliphatic rings. The first-order valence-electron chi connectivity index (χ1n) is 9.04. The summed E-state index contributed by atoms with van der Waals surface area (Å²) in [4.78, 5) is 19.4. The normalized spacial score (nSPS) is 17.1. The summed E-state index contributed by atoms with van der Waals surface area (Å²) >= 11 is 12.3. The van der Waals surface area contributed by atoms with E-state index in [1.54, 1.807) is 31.2 Å². The molecule has 2 aromatic rings. The minimum atomic E-state index is -2.17. The Balaban J connectivity index is 0.000000640. The minimum Gasteiger partial charge on any atom is -0.356 e. The molecule has 5 nitrogen and oxygen atoms in total. The van der Waals surface area contributed by atoms with E-state index in [4.69, 9.17) is 28.9 Å². The molecule has 0 aliphatic carbocycles. The maximum absolute atomic E-state index is 12.7. The summed E-state index contributed by atoms with van der Waals surface area (Å²) in [7, 11) is 0. The van der Waals surface area contributed by atoms with E-state index in [1.807, 2.05) is 0 Å². The van der Waals surface area contributed by atoms with Crippen molar-refractivity contribution in [3.8, 4) is 5.69 Å². The van der Waals surface area contributed by atoms with Gasteiger partial charge in [-0.3, -0.25) is 9.36 Å². The van der Waals surface area contributed by atoms with Gasteiger partial charge in [0, 0.05) is 25.2 Å². The minimum absolute atomic E-state index is 0.171. The molecule has 9 heteroatoms. The summed E-state index contributed by atoms with van der Waals surface area (Å²) in [5, 5.41) is 0.755. The number of aryl methyl sites for hydroxylation is 1. The van der Waals surface area contributed by atoms with Crippen LogP contribution in [0.3, 0.4) is 0 Å². The number of hydrogen-bond donors (Lipinski definition) is 1. The number of alkyl halides is 2. The van der Waals surface area contributed by atoms with Crippen molar-refractivity contribution in [1.82, 2.24) is 9.55 Å². The first-order valence-corrected chi connectivity index (χ1v) is 9.80. The average molecular weight is 433 g/mol. The summed E-state index contributed by atoms with van der Waals surface area (Å²) in [6.07, 6.45) is 0.750. The summed E-state index contributed by atoms with van der Waals surface area (Å²) in [5.74, 6) is 1.27. The lowest BCUT2D eigenvalue weighted by atomic mass is 10.1. The monoisotopic (exact) mass is 432 g/mol. The molecule has 0 saturated carbocycles. The van der Waals surface area contributed by atoms with E-state index >= 15 is 0 Å². The van der Waals surface area contributed by atoms with E-state index in [9.17, 15) is 13.6 Å². The zero-order valence-electron chi connectivity index (χ0n) is 15.8. The van der Waals surface area contributed by atoms with Crippen LogP contribution in [0.25, 0.3) is 5.69 Å². The molecule has 0 bridgehead atoms. The third-order valence-electron chi connectivity index (χ3n) is 4.34. The Bertz CT molecular complexity index is 858. The standard InChI is InChI=1S/C17H20Cl2N4O.C2H4F2/c1-11-21-15(22-8-3-4-12(20)7-9-22)10-16(24)23(11)14-6-2-5-13(18)17(14)19;1-2(3)4/h2,5-6,10,12H,3-4,7-9,20H2,1H3;2H,1H3. The van der Waals surface area contributed by atoms with E-state index in [2.05, 4.69) is 9.88 Å². The molecule has 2 heterocycles. The van der Waals surface area contributed by atoms with Gasteiger partial charge in [0.15, 0.2) is 0 Å². The predicted molar refractivity (Wildman–Crippen MR) is 110 cm³/mol. The van der Waals surface area contributed by atoms with E-state index in [1.165, 1.54) is 4.57 Å². The number of rotatable bonds is 2. The number of anilines is 1. The second kappa shape index (κ2) is 10.2. The molecule has 154 valence electrons. The van der Waals surface area contributed by atoms with Crippen molar-refractivity contribution in [1.29, 1.82) is 0 Å². The largest absolute Gasteiger partial charge is 0.356 e. The number of halogens is 4. The van der Waals surface area contributed by atoms with E-state index in [0.29, 0.717) is 27.4 Å². The van der Waals surface area contributed by atoms with Gasteiger partial charge >= 0.3 is 0 Å². The second-order valence-corrected chi connectivity index (χ2v) is 7.39. The van der Waals surface area contributed by atoms with Gasteiger partial charge in [-0.25, -0.2) is 13.8 Å². The van der Waals surface area contributed by atoms with Crippen molar-refractivity contribution < 1.29 is 8.78 Å². The fourth-order valence-electron chi connectivity index (χ4n) is 3.05. The fourth-order valence-corrected chi connectivity index (χ4v) is 3.43. The molecule has 1 atom stereocenters. The SMILES string of the molecule is CC(F)F.Cc1nc(N2CCCC(N)CC2)cc(=O)n1-c1cccc(Cl)c1Cl. The van der Waals surface area contributed by atoms with Crippen LogP contribution in [0.15, 0.2) is 29.1 Å². The zero-order chi connectivity index (χ0) is 20.8. The highest BCUT2D eigenvalue weighted by molar-refractivity contribution is 6.43. The summed E-state index contributed by atoms with van der Waals surface area (Å²) in [5.41, 5.74) is 6.40. The Morgan fingerprint density at radius 3 is 2.57 bits per heavy atom. The van der Waals surface area contributed by atoms with Crippen molar-refractivity contribution in [3.05, 3.63) is 50.5 Å². The molecule has 0 spiro atoms. The molecule has 1 unspecified atom stereocenters. The van der Waals surface area contributed by atoms with Gasteiger partial charge in [0.05, 0.1) is 15.7 Å². The third-order valence-corrected chi connectivity index (χ3v) is 5.15. The maximum atomic E-state index is 12.7. The maximum Gasteiger partial charge on any atom is 0.260 e. The number of hydrogen-bond acceptors (Lipinski definition) is 4. The van der Waals surface area contributed by atoms with Gasteiger partial charge in [-0.1, -0.05) is 29.3 Å². The number of nitrogens with two attached hydrogens (primary N) is 1. The highest BCUT2D eigenvalue weighted by Crippen LogP contribution is 2.28. The molecule has 1 aromatic heterocycles. The third kappa shape index (κ3) is 5.90. The molecule has 28 heavy (non-hydrogen) atoms. The van der Waals surface area contributed by atoms with Gasteiger partial charge < -0.3 is 10.6 Å². The van der Waals surface area contributed by atoms with Crippen molar-refractivity contribution in [3.63, 3.8) is 0 Å². The van der Waals surface area contributed by atoms with Crippen molar-refractivity contribution in [2.45, 2.75) is 45.6 Å². The average Bonchev–Trinajstić information content (AvgIpc) is 2.82. The lowest BCUT2D eigenvalue weighted by Crippen LogP contribution is -2.30. The van der Waals surface area contributed by atoms with Crippen LogP contribution < -0.4 is 16.2 Å². The van der Waals surface area contributed by atoms with E-state index < -0.39 is 6.43 Å². The topological polar surface area (TPSA) is 64.2 Å². The zero-order valence-corrected chi connectivity index (χ0v) is 17.4. The van der Waals surface area contributed by atoms with Crippen LogP contribution in [0.2, 0.25) is 10.0 Å². The molecule has 1 aliphatic heterocycles. The van der Waals surface area contributed by atoms with E-state index in [0.717, 1.165) is 39.3 Å². The number of benzene rings is 1. The smallest absolute Gasteiger partial charge is 0.260 e. The second-order valence-electron chi connectivity index (χ2n) is 6.61. The van der Waals surface area contributed by atoms with Gasteiger partial charge in [0.2, 0.25) is 6.43 Å². The molecule has 2 N–H and O–H groups in total. The van der Waals surface area contributed by atoms with Crippen LogP contribution >= 0.6 is 23.2 Å². The molecular weight excluding hydrogens is 409 g/mol. The van der Waals surface area contributed by atoms with Crippen molar-refractivity contribution >= 4 is 29.0 Å². The Kier molecular flexibility index (Phi) is 8.22. The molecule has 0 radical (unpaired) electrons. The van der Waals surface area contributed by atoms with E-state index in [-0.39, 0.29) is 11.6 Å². The molecule has 0 amide bonds. The van der Waals surface area contributed by atoms with Crippen LogP contribution in [-0.4, -0.2) is 35.1 Å². The quantitative estimate of drug-likeness (QED) is 0.761. The number of nitrogens with zero attached hydrogens (tertiary/aromatic N) is 3. The highest BCUT2D eigenvalue weighted by atomic mass is 35.5. The molecule has 1 fully saturated rings. The summed E-state index contributed by atoms with van der Waals surface area (Å²) in [6.45, 7) is 4.31. The first kappa shape index (κ1) is 22.6. The van der Waals surface area contributed by atoms with Crippen LogP contribution in [0.1, 0.15) is 32.0 Å². The Hall–Kier alpha value is -1.70. The summed E-state index contributed by atoms with van der Waals surface area (Å²) < 4.78 is 22.2.